The van der Waals surface area contributed by atoms with E-state index in [0.29, 0.717) is 10.6 Å². The first-order chi connectivity index (χ1) is 14.1. The molecule has 0 atom stereocenters. The van der Waals surface area contributed by atoms with Gasteiger partial charge in [0, 0.05) is 5.02 Å². The predicted molar refractivity (Wildman–Crippen MR) is 110 cm³/mol. The Bertz CT molecular complexity index is 1020. The van der Waals surface area contributed by atoms with Gasteiger partial charge in [0.2, 0.25) is 0 Å². The third-order valence-corrected chi connectivity index (χ3v) is 6.51. The lowest BCUT2D eigenvalue weighted by molar-refractivity contribution is -0.184. The maximum absolute atomic E-state index is 13.0. The molecule has 0 radical (unpaired) electrons. The van der Waals surface area contributed by atoms with Crippen molar-refractivity contribution in [1.29, 1.82) is 0 Å². The fraction of sp³-hybridized carbons (Fsp3) is 0.348. The molecule has 0 bridgehead atoms. The normalized spacial score (nSPS) is 24.4. The van der Waals surface area contributed by atoms with Crippen LogP contribution >= 0.6 is 11.6 Å². The molecule has 2 aliphatic rings. The van der Waals surface area contributed by atoms with E-state index in [1.807, 2.05) is 37.3 Å². The lowest BCUT2D eigenvalue weighted by Crippen LogP contribution is -2.48. The van der Waals surface area contributed by atoms with E-state index in [1.165, 1.54) is 0 Å². The van der Waals surface area contributed by atoms with Crippen LogP contribution in [-0.4, -0.2) is 22.7 Å². The van der Waals surface area contributed by atoms with E-state index in [1.54, 1.807) is 12.1 Å². The van der Waals surface area contributed by atoms with E-state index in [0.717, 1.165) is 16.7 Å². The predicted octanol–water partition coefficient (Wildman–Crippen LogP) is 6.21. The van der Waals surface area contributed by atoms with E-state index in [9.17, 15) is 23.1 Å². The van der Waals surface area contributed by atoms with Crippen LogP contribution in [0.15, 0.2) is 48.2 Å². The highest BCUT2D eigenvalue weighted by molar-refractivity contribution is 6.30. The molecule has 1 fully saturated rings. The summed E-state index contributed by atoms with van der Waals surface area (Å²) in [5.74, 6) is -1.99. The Labute approximate surface area is 177 Å². The summed E-state index contributed by atoms with van der Waals surface area (Å²) in [7, 11) is 0. The molecule has 2 aromatic rings. The van der Waals surface area contributed by atoms with E-state index in [-0.39, 0.29) is 37.0 Å². The van der Waals surface area contributed by atoms with E-state index >= 15 is 0 Å². The van der Waals surface area contributed by atoms with Crippen molar-refractivity contribution in [2.75, 3.05) is 0 Å². The van der Waals surface area contributed by atoms with Crippen LogP contribution in [0.3, 0.4) is 0 Å². The van der Waals surface area contributed by atoms with Crippen molar-refractivity contribution >= 4 is 23.1 Å². The van der Waals surface area contributed by atoms with E-state index in [2.05, 4.69) is 5.32 Å². The van der Waals surface area contributed by atoms with Crippen LogP contribution in [0.1, 0.15) is 36.8 Å². The average molecular weight is 436 g/mol. The Kier molecular flexibility index (Phi) is 5.09. The highest BCUT2D eigenvalue weighted by Gasteiger charge is 2.52. The van der Waals surface area contributed by atoms with Crippen molar-refractivity contribution in [2.24, 2.45) is 5.92 Å². The first-order valence-corrected chi connectivity index (χ1v) is 10.2. The van der Waals surface area contributed by atoms with Crippen LogP contribution in [0.4, 0.5) is 13.2 Å². The van der Waals surface area contributed by atoms with Gasteiger partial charge in [0.25, 0.3) is 5.91 Å². The quantitative estimate of drug-likeness (QED) is 0.589. The highest BCUT2D eigenvalue weighted by atomic mass is 35.5. The fourth-order valence-corrected chi connectivity index (χ4v) is 4.57. The Morgan fingerprint density at radius 3 is 2.27 bits per heavy atom. The molecule has 1 saturated carbocycles. The van der Waals surface area contributed by atoms with Crippen molar-refractivity contribution < 1.29 is 23.1 Å². The number of carbonyl (C=O) groups is 1. The lowest BCUT2D eigenvalue weighted by atomic mass is 9.75. The summed E-state index contributed by atoms with van der Waals surface area (Å²) in [4.78, 5) is 12.8. The van der Waals surface area contributed by atoms with Crippen LogP contribution < -0.4 is 5.32 Å². The third-order valence-electron chi connectivity index (χ3n) is 6.26. The van der Waals surface area contributed by atoms with Crippen LogP contribution in [0, 0.1) is 12.8 Å². The number of carbonyl (C=O) groups excluding carboxylic acids is 1. The van der Waals surface area contributed by atoms with Crippen LogP contribution in [0.5, 0.6) is 0 Å². The molecule has 4 rings (SSSR count). The minimum Gasteiger partial charge on any atom is -0.509 e. The molecule has 30 heavy (non-hydrogen) atoms. The maximum atomic E-state index is 13.0. The summed E-state index contributed by atoms with van der Waals surface area (Å²) < 4.78 is 39.1. The number of aliphatic hydroxyl groups is 1. The number of hydrogen-bond donors (Lipinski definition) is 2. The molecular weight excluding hydrogens is 415 g/mol. The molecule has 1 heterocycles. The van der Waals surface area contributed by atoms with Crippen molar-refractivity contribution in [1.82, 2.24) is 5.32 Å². The molecule has 1 amide bonds. The zero-order valence-corrected chi connectivity index (χ0v) is 17.1. The molecule has 2 aromatic carbocycles. The second-order valence-electron chi connectivity index (χ2n) is 8.11. The standard InChI is InChI=1S/C23H21ClF3NO2/c1-13-2-3-15(14-4-6-17(24)7-5-14)12-18(13)19-20(29)22(28-21(19)30)10-8-16(9-11-22)23(25,26)27/h2-7,12,16,29H,8-11H2,1H3,(H,28,30)/t16-,22-. The highest BCUT2D eigenvalue weighted by Crippen LogP contribution is 2.47. The number of halogens is 4. The van der Waals surface area contributed by atoms with Crippen molar-refractivity contribution in [2.45, 2.75) is 44.3 Å². The second kappa shape index (κ2) is 7.34. The number of rotatable bonds is 2. The molecule has 2 N–H and O–H groups in total. The van der Waals surface area contributed by atoms with Gasteiger partial charge in [-0.1, -0.05) is 35.9 Å². The van der Waals surface area contributed by atoms with Crippen molar-refractivity contribution in [3.63, 3.8) is 0 Å². The third kappa shape index (κ3) is 3.58. The van der Waals surface area contributed by atoms with Gasteiger partial charge in [-0.25, -0.2) is 0 Å². The first-order valence-electron chi connectivity index (χ1n) is 9.81. The Balaban J connectivity index is 1.70. The molecule has 7 heteroatoms. The van der Waals surface area contributed by atoms with Gasteiger partial charge in [-0.2, -0.15) is 13.2 Å². The maximum Gasteiger partial charge on any atom is 0.391 e. The number of nitrogens with one attached hydrogen (secondary N) is 1. The number of aryl methyl sites for hydroxylation is 1. The van der Waals surface area contributed by atoms with Gasteiger partial charge in [0.05, 0.1) is 17.0 Å². The molecule has 1 spiro atoms. The fourth-order valence-electron chi connectivity index (χ4n) is 4.45. The van der Waals surface area contributed by atoms with Gasteiger partial charge in [-0.05, 0) is 73.1 Å². The zero-order valence-electron chi connectivity index (χ0n) is 16.3. The minimum absolute atomic E-state index is 0.0637. The summed E-state index contributed by atoms with van der Waals surface area (Å²) in [5.41, 5.74) is 2.16. The van der Waals surface area contributed by atoms with Gasteiger partial charge in [-0.15, -0.1) is 0 Å². The number of hydrogen-bond acceptors (Lipinski definition) is 2. The van der Waals surface area contributed by atoms with E-state index in [4.69, 9.17) is 11.6 Å². The summed E-state index contributed by atoms with van der Waals surface area (Å²) in [6, 6.07) is 12.9. The SMILES string of the molecule is Cc1ccc(-c2ccc(Cl)cc2)cc1C1=C(O)[C@]2(CC[C@@H](C(F)(F)F)CC2)NC1=O. The number of alkyl halides is 3. The van der Waals surface area contributed by atoms with Gasteiger partial charge in [-0.3, -0.25) is 4.79 Å². The van der Waals surface area contributed by atoms with E-state index < -0.39 is 23.5 Å². The Morgan fingerprint density at radius 2 is 1.67 bits per heavy atom. The second-order valence-corrected chi connectivity index (χ2v) is 8.55. The molecule has 1 aliphatic heterocycles. The number of benzene rings is 2. The molecule has 3 nitrogen and oxygen atoms in total. The zero-order chi connectivity index (χ0) is 21.7. The van der Waals surface area contributed by atoms with Crippen molar-refractivity contribution in [3.8, 4) is 11.1 Å². The molecule has 0 aromatic heterocycles. The van der Waals surface area contributed by atoms with Gasteiger partial charge in [0.15, 0.2) is 0 Å². The summed E-state index contributed by atoms with van der Waals surface area (Å²) in [6.07, 6.45) is -4.37. The van der Waals surface area contributed by atoms with Crippen LogP contribution in [0.2, 0.25) is 5.02 Å². The monoisotopic (exact) mass is 435 g/mol. The topological polar surface area (TPSA) is 49.3 Å². The van der Waals surface area contributed by atoms with Crippen LogP contribution in [0.25, 0.3) is 16.7 Å². The molecule has 0 unspecified atom stereocenters. The molecular formula is C23H21ClF3NO2. The largest absolute Gasteiger partial charge is 0.509 e. The smallest absolute Gasteiger partial charge is 0.391 e. The molecule has 1 aliphatic carbocycles. The van der Waals surface area contributed by atoms with Gasteiger partial charge < -0.3 is 10.4 Å². The summed E-state index contributed by atoms with van der Waals surface area (Å²) >= 11 is 5.95. The number of amides is 1. The average Bonchev–Trinajstić information content (AvgIpc) is 2.92. The molecule has 158 valence electrons. The summed E-state index contributed by atoms with van der Waals surface area (Å²) in [6.45, 7) is 1.83. The summed E-state index contributed by atoms with van der Waals surface area (Å²) in [5, 5.41) is 14.4. The Morgan fingerprint density at radius 1 is 1.07 bits per heavy atom. The lowest BCUT2D eigenvalue weighted by Gasteiger charge is -2.37. The van der Waals surface area contributed by atoms with Crippen LogP contribution in [-0.2, 0) is 4.79 Å². The van der Waals surface area contributed by atoms with Gasteiger partial charge in [0.1, 0.15) is 5.76 Å². The van der Waals surface area contributed by atoms with Crippen molar-refractivity contribution in [3.05, 3.63) is 64.4 Å². The van der Waals surface area contributed by atoms with Gasteiger partial charge >= 0.3 is 6.18 Å². The molecule has 0 saturated heterocycles. The minimum atomic E-state index is -4.25. The Hall–Kier alpha value is -2.47. The first kappa shape index (κ1) is 20.8. The number of aliphatic hydroxyl groups excluding tert-OH is 1.